The first kappa shape index (κ1) is 14.8. The molecule has 1 saturated heterocycles. The largest absolute Gasteiger partial charge is 0.343 e. The second-order valence-electron chi connectivity index (χ2n) is 7.43. The van der Waals surface area contributed by atoms with Gasteiger partial charge < -0.3 is 10.6 Å². The Bertz CT molecular complexity index is 303. The summed E-state index contributed by atoms with van der Waals surface area (Å²) in [6.45, 7) is 5.94. The monoisotopic (exact) mass is 266 g/mol. The van der Waals surface area contributed by atoms with Gasteiger partial charge in [0.2, 0.25) is 5.91 Å². The van der Waals surface area contributed by atoms with Gasteiger partial charge in [-0.1, -0.05) is 19.3 Å². The molecule has 1 saturated carbocycles. The maximum Gasteiger partial charge on any atom is 0.222 e. The molecule has 1 amide bonds. The van der Waals surface area contributed by atoms with Crippen LogP contribution in [0.25, 0.3) is 0 Å². The van der Waals surface area contributed by atoms with Crippen LogP contribution in [-0.4, -0.2) is 29.4 Å². The molecule has 19 heavy (non-hydrogen) atoms. The van der Waals surface area contributed by atoms with Crippen molar-refractivity contribution in [1.82, 2.24) is 4.90 Å². The molecule has 0 radical (unpaired) electrons. The zero-order valence-corrected chi connectivity index (χ0v) is 12.7. The molecule has 2 rings (SSSR count). The minimum Gasteiger partial charge on any atom is -0.343 e. The number of likely N-dealkylation sites (tertiary alicyclic amines) is 1. The topological polar surface area (TPSA) is 46.3 Å². The van der Waals surface area contributed by atoms with E-state index in [1.54, 1.807) is 0 Å². The number of amides is 1. The highest BCUT2D eigenvalue weighted by Crippen LogP contribution is 2.44. The molecule has 0 aromatic heterocycles. The summed E-state index contributed by atoms with van der Waals surface area (Å²) in [5, 5.41) is 0. The Hall–Kier alpha value is -0.570. The van der Waals surface area contributed by atoms with Crippen molar-refractivity contribution in [1.29, 1.82) is 0 Å². The molecule has 2 fully saturated rings. The van der Waals surface area contributed by atoms with Crippen LogP contribution < -0.4 is 5.73 Å². The Kier molecular flexibility index (Phi) is 4.54. The first-order chi connectivity index (χ1) is 8.90. The van der Waals surface area contributed by atoms with Gasteiger partial charge in [0.1, 0.15) is 0 Å². The predicted octanol–water partition coefficient (Wildman–Crippen LogP) is 3.08. The van der Waals surface area contributed by atoms with Crippen LogP contribution in [0.2, 0.25) is 0 Å². The fourth-order valence-electron chi connectivity index (χ4n) is 3.62. The molecule has 0 unspecified atom stereocenters. The molecule has 2 aliphatic rings. The SMILES string of the molecule is CC(C)(N)CCC(=O)N1CCC2(CCCCC2)CC1. The van der Waals surface area contributed by atoms with Crippen LogP contribution in [0, 0.1) is 5.41 Å². The molecule has 3 heteroatoms. The molecule has 0 atom stereocenters. The predicted molar refractivity (Wildman–Crippen MR) is 78.8 cm³/mol. The molecule has 3 nitrogen and oxygen atoms in total. The van der Waals surface area contributed by atoms with E-state index in [2.05, 4.69) is 4.90 Å². The van der Waals surface area contributed by atoms with E-state index in [9.17, 15) is 4.79 Å². The van der Waals surface area contributed by atoms with E-state index in [-0.39, 0.29) is 5.54 Å². The van der Waals surface area contributed by atoms with Crippen molar-refractivity contribution in [3.63, 3.8) is 0 Å². The number of hydrogen-bond donors (Lipinski definition) is 1. The number of rotatable bonds is 3. The van der Waals surface area contributed by atoms with E-state index in [0.29, 0.717) is 17.7 Å². The summed E-state index contributed by atoms with van der Waals surface area (Å²) >= 11 is 0. The smallest absolute Gasteiger partial charge is 0.222 e. The molecular formula is C16H30N2O. The van der Waals surface area contributed by atoms with Gasteiger partial charge in [-0.3, -0.25) is 4.79 Å². The van der Waals surface area contributed by atoms with Gasteiger partial charge >= 0.3 is 0 Å². The average molecular weight is 266 g/mol. The lowest BCUT2D eigenvalue weighted by molar-refractivity contribution is -0.134. The van der Waals surface area contributed by atoms with Crippen molar-refractivity contribution in [2.45, 2.75) is 77.2 Å². The van der Waals surface area contributed by atoms with Crippen molar-refractivity contribution in [2.75, 3.05) is 13.1 Å². The number of hydrogen-bond acceptors (Lipinski definition) is 2. The minimum absolute atomic E-state index is 0.226. The molecule has 1 aliphatic carbocycles. The van der Waals surface area contributed by atoms with E-state index in [0.717, 1.165) is 19.5 Å². The lowest BCUT2D eigenvalue weighted by atomic mass is 9.68. The highest BCUT2D eigenvalue weighted by molar-refractivity contribution is 5.76. The molecule has 1 heterocycles. The van der Waals surface area contributed by atoms with Crippen LogP contribution >= 0.6 is 0 Å². The molecular weight excluding hydrogens is 236 g/mol. The summed E-state index contributed by atoms with van der Waals surface area (Å²) in [7, 11) is 0. The first-order valence-corrected chi connectivity index (χ1v) is 7.97. The molecule has 0 aromatic carbocycles. The fraction of sp³-hybridized carbons (Fsp3) is 0.938. The summed E-state index contributed by atoms with van der Waals surface area (Å²) in [6, 6.07) is 0. The standard InChI is InChI=1S/C16H30N2O/c1-15(2,17)9-6-14(19)18-12-10-16(11-13-18)7-4-3-5-8-16/h3-13,17H2,1-2H3. The minimum atomic E-state index is -0.226. The second kappa shape index (κ2) is 5.82. The van der Waals surface area contributed by atoms with Crippen molar-refractivity contribution < 1.29 is 4.79 Å². The van der Waals surface area contributed by atoms with Crippen molar-refractivity contribution in [3.05, 3.63) is 0 Å². The number of piperidine rings is 1. The molecule has 1 aliphatic heterocycles. The van der Waals surface area contributed by atoms with Gasteiger partial charge in [-0.25, -0.2) is 0 Å². The third-order valence-corrected chi connectivity index (χ3v) is 5.07. The third kappa shape index (κ3) is 4.20. The summed E-state index contributed by atoms with van der Waals surface area (Å²) in [5.41, 5.74) is 6.31. The Labute approximate surface area is 117 Å². The lowest BCUT2D eigenvalue weighted by Crippen LogP contribution is -2.44. The zero-order chi connectivity index (χ0) is 13.9. The highest BCUT2D eigenvalue weighted by Gasteiger charge is 2.36. The van der Waals surface area contributed by atoms with E-state index in [1.807, 2.05) is 13.8 Å². The van der Waals surface area contributed by atoms with Gasteiger partial charge in [0.15, 0.2) is 0 Å². The van der Waals surface area contributed by atoms with Crippen LogP contribution in [0.4, 0.5) is 0 Å². The quantitative estimate of drug-likeness (QED) is 0.853. The molecule has 0 aromatic rings. The van der Waals surface area contributed by atoms with Crippen molar-refractivity contribution in [3.8, 4) is 0 Å². The maximum absolute atomic E-state index is 12.2. The van der Waals surface area contributed by atoms with Crippen molar-refractivity contribution in [2.24, 2.45) is 11.1 Å². The first-order valence-electron chi connectivity index (χ1n) is 7.97. The highest BCUT2D eigenvalue weighted by atomic mass is 16.2. The van der Waals surface area contributed by atoms with E-state index >= 15 is 0 Å². The van der Waals surface area contributed by atoms with Gasteiger partial charge in [0.25, 0.3) is 0 Å². The number of carbonyl (C=O) groups is 1. The van der Waals surface area contributed by atoms with Gasteiger partial charge in [0.05, 0.1) is 0 Å². The van der Waals surface area contributed by atoms with Crippen LogP contribution in [0.15, 0.2) is 0 Å². The van der Waals surface area contributed by atoms with Crippen LogP contribution in [0.3, 0.4) is 0 Å². The molecule has 2 N–H and O–H groups in total. The number of nitrogens with two attached hydrogens (primary N) is 1. The number of carbonyl (C=O) groups excluding carboxylic acids is 1. The molecule has 110 valence electrons. The van der Waals surface area contributed by atoms with Gasteiger partial charge in [-0.05, 0) is 51.4 Å². The number of nitrogens with zero attached hydrogens (tertiary/aromatic N) is 1. The lowest BCUT2D eigenvalue weighted by Gasteiger charge is -2.44. The van der Waals surface area contributed by atoms with Crippen LogP contribution in [0.5, 0.6) is 0 Å². The van der Waals surface area contributed by atoms with Crippen molar-refractivity contribution >= 4 is 5.91 Å². The normalized spacial score (nSPS) is 23.6. The Balaban J connectivity index is 1.77. The van der Waals surface area contributed by atoms with Crippen LogP contribution in [0.1, 0.15) is 71.6 Å². The summed E-state index contributed by atoms with van der Waals surface area (Å²) < 4.78 is 0. The maximum atomic E-state index is 12.2. The van der Waals surface area contributed by atoms with Gasteiger partial charge in [-0.2, -0.15) is 0 Å². The fourth-order valence-corrected chi connectivity index (χ4v) is 3.62. The Morgan fingerprint density at radius 3 is 2.21 bits per heavy atom. The molecule has 1 spiro atoms. The molecule has 0 bridgehead atoms. The van der Waals surface area contributed by atoms with E-state index in [4.69, 9.17) is 5.73 Å². The van der Waals surface area contributed by atoms with E-state index < -0.39 is 0 Å². The average Bonchev–Trinajstić information content (AvgIpc) is 2.37. The van der Waals surface area contributed by atoms with Gasteiger partial charge in [-0.15, -0.1) is 0 Å². The zero-order valence-electron chi connectivity index (χ0n) is 12.7. The summed E-state index contributed by atoms with van der Waals surface area (Å²) in [4.78, 5) is 14.3. The summed E-state index contributed by atoms with van der Waals surface area (Å²) in [6.07, 6.45) is 10.8. The Morgan fingerprint density at radius 1 is 1.11 bits per heavy atom. The third-order valence-electron chi connectivity index (χ3n) is 5.07. The summed E-state index contributed by atoms with van der Waals surface area (Å²) in [5.74, 6) is 0.309. The van der Waals surface area contributed by atoms with E-state index in [1.165, 1.54) is 44.9 Å². The Morgan fingerprint density at radius 2 is 1.68 bits per heavy atom. The van der Waals surface area contributed by atoms with Crippen LogP contribution in [-0.2, 0) is 4.79 Å². The van der Waals surface area contributed by atoms with Gasteiger partial charge in [0, 0.05) is 25.0 Å². The second-order valence-corrected chi connectivity index (χ2v) is 7.43.